The molecule has 5 heteroatoms. The van der Waals surface area contributed by atoms with Crippen molar-refractivity contribution >= 4 is 17.7 Å². The molecule has 0 radical (unpaired) electrons. The van der Waals surface area contributed by atoms with E-state index in [1.165, 1.54) is 12.1 Å². The minimum Gasteiger partial charge on any atom is -0.352 e. The maximum atomic E-state index is 12.3. The lowest BCUT2D eigenvalue weighted by Crippen LogP contribution is -2.24. The SMILES string of the molecule is C=CCCNC(=O)c1ccccc1SC(F)F. The Kier molecular flexibility index (Phi) is 5.69. The van der Waals surface area contributed by atoms with Crippen LogP contribution in [0.3, 0.4) is 0 Å². The molecule has 92 valence electrons. The molecular formula is C12H13F2NOS. The number of hydrogen-bond donors (Lipinski definition) is 1. The zero-order valence-corrected chi connectivity index (χ0v) is 9.97. The topological polar surface area (TPSA) is 29.1 Å². The standard InChI is InChI=1S/C12H13F2NOS/c1-2-3-8-15-11(16)9-6-4-5-7-10(9)17-12(13)14/h2,4-7,12H,1,3,8H2,(H,15,16). The molecule has 0 spiro atoms. The highest BCUT2D eigenvalue weighted by molar-refractivity contribution is 7.99. The van der Waals surface area contributed by atoms with Gasteiger partial charge in [-0.15, -0.1) is 6.58 Å². The fourth-order valence-corrected chi connectivity index (χ4v) is 1.87. The second kappa shape index (κ2) is 7.06. The maximum absolute atomic E-state index is 12.3. The molecule has 0 aromatic heterocycles. The monoisotopic (exact) mass is 257 g/mol. The maximum Gasteiger partial charge on any atom is 0.288 e. The van der Waals surface area contributed by atoms with Crippen LogP contribution in [0.1, 0.15) is 16.8 Å². The first kappa shape index (κ1) is 13.7. The van der Waals surface area contributed by atoms with Crippen LogP contribution in [0.25, 0.3) is 0 Å². The number of amides is 1. The van der Waals surface area contributed by atoms with Gasteiger partial charge < -0.3 is 5.32 Å². The second-order valence-electron chi connectivity index (χ2n) is 3.21. The van der Waals surface area contributed by atoms with Crippen molar-refractivity contribution in [3.63, 3.8) is 0 Å². The molecule has 0 bridgehead atoms. The summed E-state index contributed by atoms with van der Waals surface area (Å²) in [5.41, 5.74) is 0.280. The number of hydrogen-bond acceptors (Lipinski definition) is 2. The number of thioether (sulfide) groups is 1. The van der Waals surface area contributed by atoms with E-state index in [0.29, 0.717) is 29.6 Å². The van der Waals surface area contributed by atoms with Crippen molar-refractivity contribution in [2.45, 2.75) is 17.1 Å². The van der Waals surface area contributed by atoms with Gasteiger partial charge in [0.1, 0.15) is 0 Å². The smallest absolute Gasteiger partial charge is 0.288 e. The average Bonchev–Trinajstić information content (AvgIpc) is 2.29. The van der Waals surface area contributed by atoms with Crippen molar-refractivity contribution in [2.75, 3.05) is 6.54 Å². The summed E-state index contributed by atoms with van der Waals surface area (Å²) in [5, 5.41) is 2.65. The van der Waals surface area contributed by atoms with E-state index in [1.54, 1.807) is 18.2 Å². The van der Waals surface area contributed by atoms with Gasteiger partial charge in [-0.25, -0.2) is 0 Å². The van der Waals surface area contributed by atoms with Crippen LogP contribution in [0, 0.1) is 0 Å². The van der Waals surface area contributed by atoms with Crippen molar-refractivity contribution in [1.29, 1.82) is 0 Å². The summed E-state index contributed by atoms with van der Waals surface area (Å²) >= 11 is 0.378. The van der Waals surface area contributed by atoms with Crippen LogP contribution in [0.2, 0.25) is 0 Å². The molecule has 0 aliphatic rings. The predicted molar refractivity (Wildman–Crippen MR) is 65.5 cm³/mol. The molecule has 1 rings (SSSR count). The first-order chi connectivity index (χ1) is 8.15. The molecule has 0 saturated carbocycles. The summed E-state index contributed by atoms with van der Waals surface area (Å²) in [6.07, 6.45) is 2.33. The van der Waals surface area contributed by atoms with E-state index in [-0.39, 0.29) is 11.5 Å². The van der Waals surface area contributed by atoms with Gasteiger partial charge in [0, 0.05) is 11.4 Å². The van der Waals surface area contributed by atoms with Crippen LogP contribution in [0.4, 0.5) is 8.78 Å². The highest BCUT2D eigenvalue weighted by Gasteiger charge is 2.14. The molecule has 2 nitrogen and oxygen atoms in total. The molecule has 0 unspecified atom stereocenters. The van der Waals surface area contributed by atoms with Crippen LogP contribution in [-0.2, 0) is 0 Å². The van der Waals surface area contributed by atoms with Gasteiger partial charge in [-0.2, -0.15) is 8.78 Å². The molecule has 0 fully saturated rings. The zero-order chi connectivity index (χ0) is 12.7. The Morgan fingerprint density at radius 3 is 2.82 bits per heavy atom. The van der Waals surface area contributed by atoms with Gasteiger partial charge in [0.05, 0.1) is 5.56 Å². The highest BCUT2D eigenvalue weighted by Crippen LogP contribution is 2.28. The molecule has 0 saturated heterocycles. The van der Waals surface area contributed by atoms with Crippen LogP contribution >= 0.6 is 11.8 Å². The van der Waals surface area contributed by atoms with E-state index in [2.05, 4.69) is 11.9 Å². The van der Waals surface area contributed by atoms with E-state index in [0.717, 1.165) is 0 Å². The number of halogens is 2. The first-order valence-electron chi connectivity index (χ1n) is 5.08. The molecule has 1 aromatic rings. The highest BCUT2D eigenvalue weighted by atomic mass is 32.2. The van der Waals surface area contributed by atoms with Crippen molar-refractivity contribution < 1.29 is 13.6 Å². The van der Waals surface area contributed by atoms with Gasteiger partial charge in [-0.1, -0.05) is 30.0 Å². The van der Waals surface area contributed by atoms with Gasteiger partial charge in [0.25, 0.3) is 11.7 Å². The fourth-order valence-electron chi connectivity index (χ4n) is 1.24. The Labute approximate surface area is 103 Å². The van der Waals surface area contributed by atoms with Crippen LogP contribution in [-0.4, -0.2) is 18.2 Å². The molecular weight excluding hydrogens is 244 g/mol. The van der Waals surface area contributed by atoms with E-state index < -0.39 is 5.76 Å². The number of carbonyl (C=O) groups is 1. The number of benzene rings is 1. The predicted octanol–water partition coefficient (Wildman–Crippen LogP) is 3.31. The number of alkyl halides is 2. The number of nitrogens with one attached hydrogen (secondary N) is 1. The van der Waals surface area contributed by atoms with E-state index in [4.69, 9.17) is 0 Å². The number of carbonyl (C=O) groups excluding carboxylic acids is 1. The number of rotatable bonds is 6. The van der Waals surface area contributed by atoms with Crippen LogP contribution in [0.15, 0.2) is 41.8 Å². The zero-order valence-electron chi connectivity index (χ0n) is 9.16. The first-order valence-corrected chi connectivity index (χ1v) is 5.96. The van der Waals surface area contributed by atoms with Gasteiger partial charge >= 0.3 is 0 Å². The van der Waals surface area contributed by atoms with Gasteiger partial charge in [0.2, 0.25) is 0 Å². The van der Waals surface area contributed by atoms with Crippen molar-refractivity contribution in [2.24, 2.45) is 0 Å². The summed E-state index contributed by atoms with van der Waals surface area (Å²) in [6.45, 7) is 3.99. The molecule has 1 aromatic carbocycles. The Bertz CT molecular complexity index is 396. The quantitative estimate of drug-likeness (QED) is 0.481. The van der Waals surface area contributed by atoms with Gasteiger partial charge in [0.15, 0.2) is 0 Å². The molecule has 0 heterocycles. The van der Waals surface area contributed by atoms with E-state index >= 15 is 0 Å². The van der Waals surface area contributed by atoms with Crippen LogP contribution in [0.5, 0.6) is 0 Å². The minimum atomic E-state index is -2.53. The Balaban J connectivity index is 2.74. The van der Waals surface area contributed by atoms with Crippen molar-refractivity contribution in [1.82, 2.24) is 5.32 Å². The molecule has 0 aliphatic heterocycles. The van der Waals surface area contributed by atoms with Crippen molar-refractivity contribution in [3.05, 3.63) is 42.5 Å². The van der Waals surface area contributed by atoms with Gasteiger partial charge in [-0.3, -0.25) is 4.79 Å². The molecule has 0 atom stereocenters. The third-order valence-corrected chi connectivity index (χ3v) is 2.77. The molecule has 17 heavy (non-hydrogen) atoms. The second-order valence-corrected chi connectivity index (χ2v) is 4.24. The minimum absolute atomic E-state index is 0.280. The lowest BCUT2D eigenvalue weighted by Gasteiger charge is -2.08. The summed E-state index contributed by atoms with van der Waals surface area (Å²) in [6, 6.07) is 6.33. The molecule has 0 aliphatic carbocycles. The Morgan fingerprint density at radius 2 is 2.18 bits per heavy atom. The Morgan fingerprint density at radius 1 is 1.47 bits per heavy atom. The van der Waals surface area contributed by atoms with E-state index in [1.807, 2.05) is 0 Å². The lowest BCUT2D eigenvalue weighted by atomic mass is 10.2. The summed E-state index contributed by atoms with van der Waals surface area (Å²) in [4.78, 5) is 12.0. The summed E-state index contributed by atoms with van der Waals surface area (Å²) in [7, 11) is 0. The van der Waals surface area contributed by atoms with E-state index in [9.17, 15) is 13.6 Å². The van der Waals surface area contributed by atoms with Gasteiger partial charge in [-0.05, 0) is 18.6 Å². The average molecular weight is 257 g/mol. The molecule has 1 amide bonds. The largest absolute Gasteiger partial charge is 0.352 e. The normalized spacial score (nSPS) is 10.3. The fraction of sp³-hybridized carbons (Fsp3) is 0.250. The third-order valence-electron chi connectivity index (χ3n) is 1.98. The third kappa shape index (κ3) is 4.56. The Hall–Kier alpha value is -1.36. The lowest BCUT2D eigenvalue weighted by molar-refractivity contribution is 0.0951. The molecule has 1 N–H and O–H groups in total. The summed E-state index contributed by atoms with van der Waals surface area (Å²) in [5.74, 6) is -2.87. The van der Waals surface area contributed by atoms with Crippen molar-refractivity contribution in [3.8, 4) is 0 Å². The van der Waals surface area contributed by atoms with Crippen LogP contribution < -0.4 is 5.32 Å². The summed E-state index contributed by atoms with van der Waals surface area (Å²) < 4.78 is 24.6.